The molecule has 2 rings (SSSR count). The molecule has 1 fully saturated rings. The second kappa shape index (κ2) is 6.56. The summed E-state index contributed by atoms with van der Waals surface area (Å²) in [5, 5.41) is 8.36. The Balaban J connectivity index is 1.79. The van der Waals surface area contributed by atoms with Gasteiger partial charge in [-0.3, -0.25) is 0 Å². The molecule has 1 aliphatic rings. The second-order valence-corrected chi connectivity index (χ2v) is 6.98. The van der Waals surface area contributed by atoms with Gasteiger partial charge in [0, 0.05) is 24.8 Å². The number of primary sulfonamides is 1. The minimum Gasteiger partial charge on any atom is -0.384 e. The monoisotopic (exact) mass is 297 g/mol. The average Bonchev–Trinajstić information content (AvgIpc) is 2.92. The van der Waals surface area contributed by atoms with Gasteiger partial charge in [-0.2, -0.15) is 0 Å². The van der Waals surface area contributed by atoms with Crippen LogP contribution < -0.4 is 10.5 Å². The van der Waals surface area contributed by atoms with Crippen molar-refractivity contribution in [1.29, 1.82) is 0 Å². The Labute approximate surface area is 121 Å². The molecule has 0 bridgehead atoms. The molecule has 0 heterocycles. The first-order chi connectivity index (χ1) is 9.47. The maximum absolute atomic E-state index is 11.1. The van der Waals surface area contributed by atoms with Gasteiger partial charge in [0.2, 0.25) is 10.0 Å². The summed E-state index contributed by atoms with van der Waals surface area (Å²) in [7, 11) is -1.43. The number of hydrogen-bond donors (Lipinski definition) is 2. The van der Waals surface area contributed by atoms with E-state index in [9.17, 15) is 8.42 Å². The number of nitrogens with zero attached hydrogens (tertiary/aromatic N) is 1. The predicted octanol–water partition coefficient (Wildman–Crippen LogP) is 1.62. The van der Waals surface area contributed by atoms with Gasteiger partial charge in [-0.15, -0.1) is 0 Å². The molecule has 5 nitrogen and oxygen atoms in total. The van der Waals surface area contributed by atoms with Crippen LogP contribution in [0.4, 0.5) is 5.69 Å². The Bertz CT molecular complexity index is 522. The van der Waals surface area contributed by atoms with Gasteiger partial charge in [-0.05, 0) is 44.2 Å². The lowest BCUT2D eigenvalue weighted by molar-refractivity contribution is 0.254. The predicted molar refractivity (Wildman–Crippen MR) is 81.2 cm³/mol. The highest BCUT2D eigenvalue weighted by Crippen LogP contribution is 2.22. The smallest absolute Gasteiger partial charge is 0.238 e. The average molecular weight is 297 g/mol. The number of nitrogens with two attached hydrogens (primary N) is 1. The van der Waals surface area contributed by atoms with Gasteiger partial charge < -0.3 is 10.2 Å². The highest BCUT2D eigenvalue weighted by Gasteiger charge is 2.18. The SMILES string of the molecule is CN(CCNc1ccc(S(N)(=O)=O)cc1)C1CCCC1. The topological polar surface area (TPSA) is 75.4 Å². The third-order valence-corrected chi connectivity index (χ3v) is 4.85. The molecule has 0 unspecified atom stereocenters. The summed E-state index contributed by atoms with van der Waals surface area (Å²) in [6.45, 7) is 1.84. The molecule has 0 radical (unpaired) electrons. The first-order valence-corrected chi connectivity index (χ1v) is 8.58. The van der Waals surface area contributed by atoms with Crippen LogP contribution in [0.1, 0.15) is 25.7 Å². The van der Waals surface area contributed by atoms with E-state index in [2.05, 4.69) is 17.3 Å². The normalized spacial score (nSPS) is 16.8. The van der Waals surface area contributed by atoms with E-state index in [-0.39, 0.29) is 4.90 Å². The molecule has 0 spiro atoms. The second-order valence-electron chi connectivity index (χ2n) is 5.42. The Morgan fingerprint density at radius 2 is 1.85 bits per heavy atom. The Kier molecular flexibility index (Phi) is 5.01. The molecule has 1 aromatic rings. The Morgan fingerprint density at radius 3 is 2.40 bits per heavy atom. The van der Waals surface area contributed by atoms with E-state index in [1.165, 1.54) is 37.8 Å². The molecule has 0 aliphatic heterocycles. The summed E-state index contributed by atoms with van der Waals surface area (Å²) >= 11 is 0. The van der Waals surface area contributed by atoms with Gasteiger partial charge in [0.05, 0.1) is 4.90 Å². The van der Waals surface area contributed by atoms with Gasteiger partial charge in [0.15, 0.2) is 0 Å². The van der Waals surface area contributed by atoms with Crippen molar-refractivity contribution in [2.45, 2.75) is 36.6 Å². The first kappa shape index (κ1) is 15.3. The van der Waals surface area contributed by atoms with Crippen LogP contribution in [0.5, 0.6) is 0 Å². The molecule has 112 valence electrons. The fraction of sp³-hybridized carbons (Fsp3) is 0.571. The molecular formula is C14H23N3O2S. The molecule has 3 N–H and O–H groups in total. The minimum atomic E-state index is -3.60. The van der Waals surface area contributed by atoms with Crippen molar-refractivity contribution >= 4 is 15.7 Å². The zero-order chi connectivity index (χ0) is 14.6. The summed E-state index contributed by atoms with van der Waals surface area (Å²) in [5.41, 5.74) is 0.914. The number of benzene rings is 1. The van der Waals surface area contributed by atoms with Gasteiger partial charge in [0.1, 0.15) is 0 Å². The van der Waals surface area contributed by atoms with Gasteiger partial charge in [0.25, 0.3) is 0 Å². The van der Waals surface area contributed by atoms with E-state index in [0.29, 0.717) is 0 Å². The summed E-state index contributed by atoms with van der Waals surface area (Å²) < 4.78 is 22.3. The van der Waals surface area contributed by atoms with E-state index in [4.69, 9.17) is 5.14 Å². The van der Waals surface area contributed by atoms with Gasteiger partial charge >= 0.3 is 0 Å². The zero-order valence-electron chi connectivity index (χ0n) is 11.9. The molecule has 1 saturated carbocycles. The fourth-order valence-electron chi connectivity index (χ4n) is 2.67. The van der Waals surface area contributed by atoms with Crippen molar-refractivity contribution in [3.05, 3.63) is 24.3 Å². The Hall–Kier alpha value is -1.11. The van der Waals surface area contributed by atoms with E-state index in [1.807, 2.05) is 0 Å². The lowest BCUT2D eigenvalue weighted by Gasteiger charge is -2.24. The number of sulfonamides is 1. The van der Waals surface area contributed by atoms with Crippen LogP contribution in [0.2, 0.25) is 0 Å². The minimum absolute atomic E-state index is 0.145. The van der Waals surface area contributed by atoms with Crippen LogP contribution in [-0.4, -0.2) is 39.5 Å². The standard InChI is InChI=1S/C14H23N3O2S/c1-17(13-4-2-3-5-13)11-10-16-12-6-8-14(9-7-12)20(15,18)19/h6-9,13,16H,2-5,10-11H2,1H3,(H2,15,18,19). The van der Waals surface area contributed by atoms with Crippen molar-refractivity contribution in [3.8, 4) is 0 Å². The fourth-order valence-corrected chi connectivity index (χ4v) is 3.18. The van der Waals surface area contributed by atoms with E-state index in [1.54, 1.807) is 12.1 Å². The Morgan fingerprint density at radius 1 is 1.25 bits per heavy atom. The third kappa shape index (κ3) is 4.19. The van der Waals surface area contributed by atoms with Crippen LogP contribution in [0, 0.1) is 0 Å². The summed E-state index contributed by atoms with van der Waals surface area (Å²) in [6.07, 6.45) is 5.30. The van der Waals surface area contributed by atoms with Crippen LogP contribution >= 0.6 is 0 Å². The van der Waals surface area contributed by atoms with Crippen LogP contribution in [0.15, 0.2) is 29.2 Å². The summed E-state index contributed by atoms with van der Waals surface area (Å²) in [6, 6.07) is 7.27. The molecule has 1 aromatic carbocycles. The van der Waals surface area contributed by atoms with Crippen molar-refractivity contribution in [3.63, 3.8) is 0 Å². The lowest BCUT2D eigenvalue weighted by atomic mass is 10.2. The number of likely N-dealkylation sites (N-methyl/N-ethyl adjacent to an activating group) is 1. The number of anilines is 1. The van der Waals surface area contributed by atoms with Crippen LogP contribution in [0.3, 0.4) is 0 Å². The third-order valence-electron chi connectivity index (χ3n) is 3.92. The van der Waals surface area contributed by atoms with Gasteiger partial charge in [-0.25, -0.2) is 13.6 Å². The lowest BCUT2D eigenvalue weighted by Crippen LogP contribution is -2.33. The molecule has 0 amide bonds. The maximum atomic E-state index is 11.1. The van der Waals surface area contributed by atoms with Gasteiger partial charge in [-0.1, -0.05) is 12.8 Å². The summed E-state index contributed by atoms with van der Waals surface area (Å²) in [4.78, 5) is 2.55. The first-order valence-electron chi connectivity index (χ1n) is 7.04. The zero-order valence-corrected chi connectivity index (χ0v) is 12.7. The summed E-state index contributed by atoms with van der Waals surface area (Å²) in [5.74, 6) is 0. The largest absolute Gasteiger partial charge is 0.384 e. The van der Waals surface area contributed by atoms with Crippen molar-refractivity contribution in [2.75, 3.05) is 25.5 Å². The molecular weight excluding hydrogens is 274 g/mol. The van der Waals surface area contributed by atoms with Crippen molar-refractivity contribution in [2.24, 2.45) is 5.14 Å². The van der Waals surface area contributed by atoms with E-state index in [0.717, 1.165) is 24.8 Å². The highest BCUT2D eigenvalue weighted by atomic mass is 32.2. The maximum Gasteiger partial charge on any atom is 0.238 e. The van der Waals surface area contributed by atoms with Crippen LogP contribution in [0.25, 0.3) is 0 Å². The molecule has 0 aromatic heterocycles. The molecule has 6 heteroatoms. The number of nitrogens with one attached hydrogen (secondary N) is 1. The van der Waals surface area contributed by atoms with Crippen molar-refractivity contribution < 1.29 is 8.42 Å². The number of rotatable bonds is 6. The number of hydrogen-bond acceptors (Lipinski definition) is 4. The quantitative estimate of drug-likeness (QED) is 0.836. The van der Waals surface area contributed by atoms with Crippen molar-refractivity contribution in [1.82, 2.24) is 4.90 Å². The molecule has 1 aliphatic carbocycles. The van der Waals surface area contributed by atoms with E-state index < -0.39 is 10.0 Å². The van der Waals surface area contributed by atoms with Crippen LogP contribution in [-0.2, 0) is 10.0 Å². The highest BCUT2D eigenvalue weighted by molar-refractivity contribution is 7.89. The van der Waals surface area contributed by atoms with E-state index >= 15 is 0 Å². The molecule has 0 saturated heterocycles. The molecule has 0 atom stereocenters. The molecule has 20 heavy (non-hydrogen) atoms.